The van der Waals surface area contributed by atoms with Gasteiger partial charge in [0, 0.05) is 43.6 Å². The van der Waals surface area contributed by atoms with Crippen molar-refractivity contribution in [3.8, 4) is 11.1 Å². The molecular formula is C18H20N3+. The van der Waals surface area contributed by atoms with Crippen LogP contribution in [0, 0.1) is 0 Å². The second-order valence-corrected chi connectivity index (χ2v) is 6.30. The molecule has 1 aromatic carbocycles. The first kappa shape index (κ1) is 12.7. The van der Waals surface area contributed by atoms with E-state index < -0.39 is 0 Å². The van der Waals surface area contributed by atoms with Crippen molar-refractivity contribution in [1.29, 1.82) is 0 Å². The van der Waals surface area contributed by atoms with Gasteiger partial charge >= 0.3 is 0 Å². The molecule has 0 N–H and O–H groups in total. The zero-order valence-electron chi connectivity index (χ0n) is 12.4. The lowest BCUT2D eigenvalue weighted by molar-refractivity contribution is -0.574. The Labute approximate surface area is 125 Å². The van der Waals surface area contributed by atoms with Gasteiger partial charge < -0.3 is 0 Å². The summed E-state index contributed by atoms with van der Waals surface area (Å²) in [6, 6.07) is 6.69. The maximum absolute atomic E-state index is 4.17. The van der Waals surface area contributed by atoms with Gasteiger partial charge in [0.05, 0.1) is 0 Å². The fourth-order valence-electron chi connectivity index (χ4n) is 4.02. The van der Waals surface area contributed by atoms with Gasteiger partial charge in [0.15, 0.2) is 5.54 Å². The Morgan fingerprint density at radius 2 is 2.00 bits per heavy atom. The Balaban J connectivity index is 1.77. The van der Waals surface area contributed by atoms with Gasteiger partial charge in [-0.2, -0.15) is 0 Å². The van der Waals surface area contributed by atoms with E-state index in [-0.39, 0.29) is 0 Å². The Kier molecular flexibility index (Phi) is 2.88. The van der Waals surface area contributed by atoms with Crippen molar-refractivity contribution in [1.82, 2.24) is 9.97 Å². The van der Waals surface area contributed by atoms with Gasteiger partial charge in [0.1, 0.15) is 19.6 Å². The number of aromatic nitrogens is 2. The molecule has 21 heavy (non-hydrogen) atoms. The van der Waals surface area contributed by atoms with Gasteiger partial charge in [-0.15, -0.1) is 0 Å². The highest BCUT2D eigenvalue weighted by Gasteiger charge is 2.45. The molecule has 3 heteroatoms. The van der Waals surface area contributed by atoms with Crippen LogP contribution in [0.25, 0.3) is 11.1 Å². The SMILES string of the molecule is C[N+]1=CCCC12CCc1c(cccc1-c1cncnc1)C2. The molecule has 2 aliphatic rings. The zero-order valence-corrected chi connectivity index (χ0v) is 12.4. The molecule has 2 aromatic rings. The molecule has 1 aromatic heterocycles. The lowest BCUT2D eigenvalue weighted by Crippen LogP contribution is -2.42. The van der Waals surface area contributed by atoms with Crippen LogP contribution in [0.2, 0.25) is 0 Å². The normalized spacial score (nSPS) is 24.0. The lowest BCUT2D eigenvalue weighted by Gasteiger charge is -2.32. The van der Waals surface area contributed by atoms with E-state index in [1.165, 1.54) is 36.0 Å². The predicted octanol–water partition coefficient (Wildman–Crippen LogP) is 2.88. The summed E-state index contributed by atoms with van der Waals surface area (Å²) in [6.45, 7) is 0. The van der Waals surface area contributed by atoms with Crippen molar-refractivity contribution >= 4 is 6.21 Å². The van der Waals surface area contributed by atoms with Crippen molar-refractivity contribution in [2.45, 2.75) is 37.6 Å². The molecule has 0 saturated carbocycles. The van der Waals surface area contributed by atoms with E-state index in [4.69, 9.17) is 0 Å². The maximum atomic E-state index is 4.17. The molecule has 0 fully saturated rings. The Bertz CT molecular complexity index is 706. The Morgan fingerprint density at radius 3 is 2.76 bits per heavy atom. The second kappa shape index (κ2) is 4.76. The average Bonchev–Trinajstić information content (AvgIpc) is 2.88. The summed E-state index contributed by atoms with van der Waals surface area (Å²) in [5, 5.41) is 0. The first-order valence-electron chi connectivity index (χ1n) is 7.71. The minimum absolute atomic E-state index is 0.360. The molecule has 1 aliphatic carbocycles. The van der Waals surface area contributed by atoms with E-state index >= 15 is 0 Å². The smallest absolute Gasteiger partial charge is 0.166 e. The van der Waals surface area contributed by atoms with Crippen molar-refractivity contribution in [3.63, 3.8) is 0 Å². The molecule has 1 aliphatic heterocycles. The van der Waals surface area contributed by atoms with Gasteiger partial charge in [-0.25, -0.2) is 14.5 Å². The fraction of sp³-hybridized carbons (Fsp3) is 0.389. The van der Waals surface area contributed by atoms with Gasteiger partial charge in [-0.3, -0.25) is 0 Å². The quantitative estimate of drug-likeness (QED) is 0.751. The molecule has 4 rings (SSSR count). The summed E-state index contributed by atoms with van der Waals surface area (Å²) < 4.78 is 2.47. The third kappa shape index (κ3) is 1.99. The summed E-state index contributed by atoms with van der Waals surface area (Å²) >= 11 is 0. The molecule has 0 amide bonds. The number of fused-ring (bicyclic) bond motifs is 1. The Hall–Kier alpha value is -2.03. The number of hydrogen-bond donors (Lipinski definition) is 0. The number of nitrogens with zero attached hydrogens (tertiary/aromatic N) is 3. The fourth-order valence-corrected chi connectivity index (χ4v) is 4.02. The van der Waals surface area contributed by atoms with E-state index in [1.807, 2.05) is 12.4 Å². The molecular weight excluding hydrogens is 258 g/mol. The number of benzene rings is 1. The van der Waals surface area contributed by atoms with Crippen LogP contribution in [0.15, 0.2) is 36.9 Å². The lowest BCUT2D eigenvalue weighted by atomic mass is 9.74. The largest absolute Gasteiger partial charge is 0.244 e. The standard InChI is InChI=1S/C18H20N3/c1-21-9-3-7-18(21)8-6-17-14(10-18)4-2-5-16(17)15-11-19-13-20-12-15/h2,4-5,9,11-13H,3,6-8,10H2,1H3/q+1. The molecule has 0 saturated heterocycles. The molecule has 1 unspecified atom stereocenters. The van der Waals surface area contributed by atoms with Crippen molar-refractivity contribution in [3.05, 3.63) is 48.0 Å². The molecule has 1 spiro atoms. The van der Waals surface area contributed by atoms with Crippen molar-refractivity contribution < 1.29 is 4.58 Å². The van der Waals surface area contributed by atoms with Crippen LogP contribution in [0.4, 0.5) is 0 Å². The van der Waals surface area contributed by atoms with E-state index in [0.717, 1.165) is 18.4 Å². The van der Waals surface area contributed by atoms with Gasteiger partial charge in [-0.05, 0) is 23.1 Å². The van der Waals surface area contributed by atoms with Gasteiger partial charge in [0.25, 0.3) is 0 Å². The monoisotopic (exact) mass is 278 g/mol. The van der Waals surface area contributed by atoms with Crippen LogP contribution in [0.1, 0.15) is 30.4 Å². The summed E-state index contributed by atoms with van der Waals surface area (Å²) in [5.41, 5.74) is 5.81. The van der Waals surface area contributed by atoms with Crippen LogP contribution in [-0.4, -0.2) is 33.3 Å². The third-order valence-electron chi connectivity index (χ3n) is 5.27. The minimum Gasteiger partial charge on any atom is -0.244 e. The van der Waals surface area contributed by atoms with Gasteiger partial charge in [0.2, 0.25) is 0 Å². The summed E-state index contributed by atoms with van der Waals surface area (Å²) in [5.74, 6) is 0. The molecule has 106 valence electrons. The molecule has 1 atom stereocenters. The van der Waals surface area contributed by atoms with Crippen molar-refractivity contribution in [2.24, 2.45) is 0 Å². The number of likely N-dealkylation sites (N-methyl/N-ethyl adjacent to an activating group) is 1. The molecule has 0 radical (unpaired) electrons. The van der Waals surface area contributed by atoms with E-state index in [1.54, 1.807) is 6.33 Å². The molecule has 2 heterocycles. The third-order valence-corrected chi connectivity index (χ3v) is 5.27. The highest BCUT2D eigenvalue weighted by molar-refractivity contribution is 5.68. The topological polar surface area (TPSA) is 28.8 Å². The van der Waals surface area contributed by atoms with E-state index in [9.17, 15) is 0 Å². The first-order valence-corrected chi connectivity index (χ1v) is 7.71. The summed E-state index contributed by atoms with van der Waals surface area (Å²) in [4.78, 5) is 8.34. The summed E-state index contributed by atoms with van der Waals surface area (Å²) in [7, 11) is 2.24. The van der Waals surface area contributed by atoms with Crippen molar-refractivity contribution in [2.75, 3.05) is 7.05 Å². The average molecular weight is 278 g/mol. The maximum Gasteiger partial charge on any atom is 0.166 e. The van der Waals surface area contributed by atoms with Crippen LogP contribution >= 0.6 is 0 Å². The number of rotatable bonds is 1. The molecule has 0 bridgehead atoms. The first-order chi connectivity index (χ1) is 10.3. The van der Waals surface area contributed by atoms with Crippen LogP contribution in [0.5, 0.6) is 0 Å². The van der Waals surface area contributed by atoms with Crippen LogP contribution < -0.4 is 0 Å². The Morgan fingerprint density at radius 1 is 1.14 bits per heavy atom. The van der Waals surface area contributed by atoms with Crippen LogP contribution in [0.3, 0.4) is 0 Å². The second-order valence-electron chi connectivity index (χ2n) is 6.30. The van der Waals surface area contributed by atoms with Crippen LogP contribution in [-0.2, 0) is 12.8 Å². The van der Waals surface area contributed by atoms with E-state index in [0.29, 0.717) is 5.54 Å². The number of hydrogen-bond acceptors (Lipinski definition) is 2. The van der Waals surface area contributed by atoms with Gasteiger partial charge in [-0.1, -0.05) is 18.2 Å². The van der Waals surface area contributed by atoms with E-state index in [2.05, 4.69) is 46.0 Å². The molecule has 3 nitrogen and oxygen atoms in total. The minimum atomic E-state index is 0.360. The zero-order chi connectivity index (χ0) is 14.3. The predicted molar refractivity (Wildman–Crippen MR) is 83.7 cm³/mol. The highest BCUT2D eigenvalue weighted by atomic mass is 15.1. The highest BCUT2D eigenvalue weighted by Crippen LogP contribution is 2.39. The summed E-state index contributed by atoms with van der Waals surface area (Å²) in [6.07, 6.45) is 13.9.